The van der Waals surface area contributed by atoms with E-state index in [-0.39, 0.29) is 22.2 Å². The van der Waals surface area contributed by atoms with E-state index in [0.29, 0.717) is 31.0 Å². The fourth-order valence-electron chi connectivity index (χ4n) is 4.16. The number of carbonyl (C=O) groups excluding carboxylic acids is 2. The molecular weight excluding hydrogens is 642 g/mol. The third-order valence-electron chi connectivity index (χ3n) is 6.40. The van der Waals surface area contributed by atoms with Gasteiger partial charge in [0, 0.05) is 42.3 Å². The summed E-state index contributed by atoms with van der Waals surface area (Å²) in [5, 5.41) is 26.0. The van der Waals surface area contributed by atoms with Crippen molar-refractivity contribution in [1.29, 1.82) is 0 Å². The summed E-state index contributed by atoms with van der Waals surface area (Å²) >= 11 is 7.63. The van der Waals surface area contributed by atoms with Gasteiger partial charge < -0.3 is 29.5 Å². The van der Waals surface area contributed by atoms with Crippen molar-refractivity contribution in [2.45, 2.75) is 16.2 Å². The molecule has 242 valence electrons. The summed E-state index contributed by atoms with van der Waals surface area (Å²) in [4.78, 5) is 61.5. The van der Waals surface area contributed by atoms with Gasteiger partial charge in [-0.15, -0.1) is 11.8 Å². The number of thioether (sulfide) groups is 1. The fourth-order valence-corrected chi connectivity index (χ4v) is 5.73. The second kappa shape index (κ2) is 16.4. The van der Waals surface area contributed by atoms with E-state index in [2.05, 4.69) is 0 Å². The lowest BCUT2D eigenvalue weighted by atomic mass is 10.0. The van der Waals surface area contributed by atoms with Crippen LogP contribution in [0.1, 0.15) is 21.2 Å². The number of non-ortho nitro benzene ring substituents is 1. The van der Waals surface area contributed by atoms with Gasteiger partial charge in [-0.2, -0.15) is 0 Å². The Morgan fingerprint density at radius 1 is 1.04 bits per heavy atom. The van der Waals surface area contributed by atoms with E-state index in [1.165, 1.54) is 23.9 Å². The molecule has 0 fully saturated rings. The minimum Gasteiger partial charge on any atom is -0.497 e. The minimum absolute atomic E-state index is 0.0647. The molecule has 0 aromatic heterocycles. The number of benzene rings is 3. The van der Waals surface area contributed by atoms with Crippen LogP contribution < -0.4 is 9.64 Å². The van der Waals surface area contributed by atoms with Crippen molar-refractivity contribution >= 4 is 58.6 Å². The van der Waals surface area contributed by atoms with E-state index >= 15 is 0 Å². The summed E-state index contributed by atoms with van der Waals surface area (Å²) < 4.78 is 11.2. The van der Waals surface area contributed by atoms with Crippen molar-refractivity contribution in [2.24, 2.45) is 0 Å². The molecule has 0 saturated heterocycles. The minimum atomic E-state index is -1.26. The van der Waals surface area contributed by atoms with E-state index in [9.17, 15) is 29.3 Å². The number of aliphatic carboxylic acids is 2. The molecule has 1 aliphatic heterocycles. The zero-order chi connectivity index (χ0) is 34.0. The number of hydrogen-bond donors (Lipinski definition) is 2. The van der Waals surface area contributed by atoms with Crippen molar-refractivity contribution in [3.8, 4) is 5.75 Å². The molecule has 0 spiro atoms. The Balaban J connectivity index is 0.000000637. The van der Waals surface area contributed by atoms with Crippen LogP contribution in [0.25, 0.3) is 0 Å². The molecule has 13 nitrogen and oxygen atoms in total. The Morgan fingerprint density at radius 3 is 2.22 bits per heavy atom. The molecule has 2 unspecified atom stereocenters. The molecule has 15 heteroatoms. The third kappa shape index (κ3) is 9.54. The van der Waals surface area contributed by atoms with E-state index in [4.69, 9.17) is 31.3 Å². The van der Waals surface area contributed by atoms with Gasteiger partial charge in [0.05, 0.1) is 33.6 Å². The summed E-state index contributed by atoms with van der Waals surface area (Å²) in [5.74, 6) is -3.09. The number of nitro groups is 1. The summed E-state index contributed by atoms with van der Waals surface area (Å²) in [6, 6.07) is 18.3. The molecule has 0 bridgehead atoms. The van der Waals surface area contributed by atoms with Gasteiger partial charge in [0.2, 0.25) is 0 Å². The van der Waals surface area contributed by atoms with Crippen LogP contribution in [0, 0.1) is 10.1 Å². The first-order valence-electron chi connectivity index (χ1n) is 13.5. The standard InChI is InChI=1S/C27H26ClN3O6S.C4H4O4/c1-29(2)14-15-30-22-6-4-5-7-23(22)38-25(17-8-11-19(36-3)12-9-17)24(26(30)32)37-27(33)20-13-10-18(31(34)35)16-21(20)28;5-3(6)1-2-4(7)8/h4-13,16,24-25H,14-15H2,1-3H3;1-2H,(H,5,6)(H,7,8). The van der Waals surface area contributed by atoms with E-state index in [1.807, 2.05) is 55.4 Å². The predicted molar refractivity (Wildman–Crippen MR) is 171 cm³/mol. The summed E-state index contributed by atoms with van der Waals surface area (Å²) in [6.45, 7) is 0.970. The molecule has 4 rings (SSSR count). The molecule has 1 aliphatic rings. The highest BCUT2D eigenvalue weighted by Crippen LogP contribution is 2.47. The number of carbonyl (C=O) groups is 4. The molecule has 2 atom stereocenters. The normalized spacial score (nSPS) is 15.8. The Morgan fingerprint density at radius 2 is 1.67 bits per heavy atom. The first-order valence-corrected chi connectivity index (χ1v) is 14.7. The summed E-state index contributed by atoms with van der Waals surface area (Å²) in [6.07, 6.45) is -0.0910. The van der Waals surface area contributed by atoms with Crippen molar-refractivity contribution in [1.82, 2.24) is 4.90 Å². The number of carboxylic acids is 2. The van der Waals surface area contributed by atoms with Crippen LogP contribution in [0.3, 0.4) is 0 Å². The number of ether oxygens (including phenoxy) is 2. The molecule has 2 N–H and O–H groups in total. The molecule has 3 aromatic rings. The molecule has 0 saturated carbocycles. The highest BCUT2D eigenvalue weighted by atomic mass is 35.5. The second-order valence-electron chi connectivity index (χ2n) is 9.83. The highest BCUT2D eigenvalue weighted by molar-refractivity contribution is 7.99. The molecule has 1 amide bonds. The fraction of sp³-hybridized carbons (Fsp3) is 0.226. The number of nitro benzene ring substituents is 1. The average molecular weight is 672 g/mol. The van der Waals surface area contributed by atoms with Crippen molar-refractivity contribution in [3.63, 3.8) is 0 Å². The van der Waals surface area contributed by atoms with Gasteiger partial charge in [-0.25, -0.2) is 14.4 Å². The summed E-state index contributed by atoms with van der Waals surface area (Å²) in [7, 11) is 5.39. The van der Waals surface area contributed by atoms with Crippen LogP contribution in [0.4, 0.5) is 11.4 Å². The number of esters is 1. The van der Waals surface area contributed by atoms with Crippen molar-refractivity contribution < 1.29 is 43.8 Å². The van der Waals surface area contributed by atoms with Crippen molar-refractivity contribution in [3.05, 3.63) is 105 Å². The largest absolute Gasteiger partial charge is 0.497 e. The molecule has 1 heterocycles. The Hall–Kier alpha value is -4.92. The van der Waals surface area contributed by atoms with Gasteiger partial charge >= 0.3 is 17.9 Å². The number of rotatable bonds is 10. The molecule has 3 aromatic carbocycles. The topological polar surface area (TPSA) is 177 Å². The highest BCUT2D eigenvalue weighted by Gasteiger charge is 2.41. The molecule has 0 aliphatic carbocycles. The van der Waals surface area contributed by atoms with Crippen molar-refractivity contribution in [2.75, 3.05) is 39.2 Å². The number of likely N-dealkylation sites (N-methyl/N-ethyl adjacent to an activating group) is 1. The van der Waals surface area contributed by atoms with Crippen LogP contribution >= 0.6 is 23.4 Å². The Bertz CT molecular complexity index is 1610. The van der Waals surface area contributed by atoms with E-state index < -0.39 is 34.2 Å². The van der Waals surface area contributed by atoms with Crippen LogP contribution in [-0.2, 0) is 19.1 Å². The second-order valence-corrected chi connectivity index (χ2v) is 11.4. The smallest absolute Gasteiger partial charge is 0.340 e. The maximum atomic E-state index is 14.1. The zero-order valence-corrected chi connectivity index (χ0v) is 26.4. The number of anilines is 1. The first-order chi connectivity index (χ1) is 21.8. The Labute approximate surface area is 273 Å². The number of fused-ring (bicyclic) bond motifs is 1. The number of hydrogen-bond acceptors (Lipinski definition) is 10. The zero-order valence-electron chi connectivity index (χ0n) is 24.9. The van der Waals surface area contributed by atoms with Gasteiger partial charge in [-0.05, 0) is 50.0 Å². The molecule has 46 heavy (non-hydrogen) atoms. The SMILES string of the molecule is COc1ccc(C2Sc3ccccc3N(CCN(C)C)C(=O)C2OC(=O)c2ccc([N+](=O)[O-])cc2Cl)cc1.O=C(O)C=CC(=O)O. The average Bonchev–Trinajstić information content (AvgIpc) is 3.13. The predicted octanol–water partition coefficient (Wildman–Crippen LogP) is 4.94. The van der Waals surface area contributed by atoms with Gasteiger partial charge in [0.1, 0.15) is 5.75 Å². The van der Waals surface area contributed by atoms with Crippen LogP contribution in [0.5, 0.6) is 5.75 Å². The summed E-state index contributed by atoms with van der Waals surface area (Å²) in [5.41, 5.74) is 1.18. The maximum Gasteiger partial charge on any atom is 0.340 e. The number of halogens is 1. The van der Waals surface area contributed by atoms with E-state index in [1.54, 1.807) is 24.1 Å². The lowest BCUT2D eigenvalue weighted by Gasteiger charge is -2.28. The number of carboxylic acid groups (broad SMARTS) is 2. The number of nitrogens with zero attached hydrogens (tertiary/aromatic N) is 3. The van der Waals surface area contributed by atoms with Crippen LogP contribution in [0.2, 0.25) is 5.02 Å². The monoisotopic (exact) mass is 671 g/mol. The number of methoxy groups -OCH3 is 1. The number of amides is 1. The number of para-hydroxylation sites is 1. The molecule has 0 radical (unpaired) electrons. The maximum absolute atomic E-state index is 14.1. The third-order valence-corrected chi connectivity index (χ3v) is 8.08. The van der Waals surface area contributed by atoms with Crippen LogP contribution in [0.15, 0.2) is 83.8 Å². The lowest BCUT2D eigenvalue weighted by Crippen LogP contribution is -2.45. The molecular formula is C31H30ClN3O10S. The van der Waals surface area contributed by atoms with E-state index in [0.717, 1.165) is 22.2 Å². The van der Waals surface area contributed by atoms with Gasteiger partial charge in [0.25, 0.3) is 11.6 Å². The quantitative estimate of drug-likeness (QED) is 0.129. The van der Waals surface area contributed by atoms with Crippen LogP contribution in [-0.4, -0.2) is 84.2 Å². The lowest BCUT2D eigenvalue weighted by molar-refractivity contribution is -0.384. The van der Waals surface area contributed by atoms with Gasteiger partial charge in [0.15, 0.2) is 6.10 Å². The first kappa shape index (κ1) is 35.6. The van der Waals surface area contributed by atoms with Gasteiger partial charge in [-0.1, -0.05) is 35.9 Å². The Kier molecular flexibility index (Phi) is 12.7. The van der Waals surface area contributed by atoms with Gasteiger partial charge in [-0.3, -0.25) is 14.9 Å².